The molecule has 100 valence electrons. The molecule has 0 aliphatic heterocycles. The largest absolute Gasteiger partial charge is 0.469 e. The van der Waals surface area contributed by atoms with Crippen LogP contribution in [0.1, 0.15) is 16.7 Å². The maximum absolute atomic E-state index is 12.3. The summed E-state index contributed by atoms with van der Waals surface area (Å²) in [6, 6.07) is 3.17. The Kier molecular flexibility index (Phi) is 5.53. The molecule has 3 nitrogen and oxygen atoms in total. The summed E-state index contributed by atoms with van der Waals surface area (Å²) in [6.45, 7) is -1.09. The van der Waals surface area contributed by atoms with E-state index >= 15 is 0 Å². The zero-order chi connectivity index (χ0) is 13.7. The Morgan fingerprint density at radius 3 is 2.56 bits per heavy atom. The van der Waals surface area contributed by atoms with Crippen molar-refractivity contribution in [2.45, 2.75) is 25.3 Å². The lowest BCUT2D eigenvalue weighted by Gasteiger charge is -2.13. The van der Waals surface area contributed by atoms with E-state index in [2.05, 4.69) is 25.4 Å². The molecule has 0 N–H and O–H groups in total. The van der Waals surface area contributed by atoms with Crippen LogP contribution in [0.15, 0.2) is 12.1 Å². The Bertz CT molecular complexity index is 436. The summed E-state index contributed by atoms with van der Waals surface area (Å²) in [5.74, 6) is -0.348. The summed E-state index contributed by atoms with van der Waals surface area (Å²) >= 11 is 3.20. The molecule has 0 aliphatic rings. The van der Waals surface area contributed by atoms with Crippen molar-refractivity contribution in [3.05, 3.63) is 28.8 Å². The molecule has 18 heavy (non-hydrogen) atoms. The highest BCUT2D eigenvalue weighted by molar-refractivity contribution is 9.08. The minimum atomic E-state index is -2.89. The third kappa shape index (κ3) is 3.94. The second kappa shape index (κ2) is 6.68. The van der Waals surface area contributed by atoms with Gasteiger partial charge in [0.05, 0.1) is 13.5 Å². The van der Waals surface area contributed by atoms with Crippen molar-refractivity contribution in [1.82, 2.24) is 0 Å². The van der Waals surface area contributed by atoms with Crippen LogP contribution in [0.4, 0.5) is 8.78 Å². The second-order valence-electron chi connectivity index (χ2n) is 3.65. The normalized spacial score (nSPS) is 10.6. The number of aryl methyl sites for hydroxylation is 1. The van der Waals surface area contributed by atoms with Gasteiger partial charge in [-0.05, 0) is 24.1 Å². The molecule has 0 spiro atoms. The Labute approximate surface area is 112 Å². The molecule has 0 fully saturated rings. The Morgan fingerprint density at radius 2 is 2.06 bits per heavy atom. The van der Waals surface area contributed by atoms with Crippen LogP contribution < -0.4 is 4.74 Å². The van der Waals surface area contributed by atoms with Gasteiger partial charge in [0, 0.05) is 10.9 Å². The Hall–Kier alpha value is -1.17. The molecule has 1 rings (SSSR count). The standard InChI is InChI=1S/C12H13BrF2O3/c1-7-3-9(6-13)10(18-12(14)15)4-8(7)5-11(16)17-2/h3-4,12H,5-6H2,1-2H3. The highest BCUT2D eigenvalue weighted by Gasteiger charge is 2.14. The minimum absolute atomic E-state index is 0.0322. The van der Waals surface area contributed by atoms with E-state index in [1.165, 1.54) is 13.2 Å². The van der Waals surface area contributed by atoms with E-state index in [1.54, 1.807) is 13.0 Å². The van der Waals surface area contributed by atoms with Crippen molar-refractivity contribution in [1.29, 1.82) is 0 Å². The highest BCUT2D eigenvalue weighted by Crippen LogP contribution is 2.27. The number of halogens is 3. The van der Waals surface area contributed by atoms with Crippen LogP contribution >= 0.6 is 15.9 Å². The van der Waals surface area contributed by atoms with Crippen molar-refractivity contribution in [2.24, 2.45) is 0 Å². The lowest BCUT2D eigenvalue weighted by molar-refractivity contribution is -0.139. The first-order valence-corrected chi connectivity index (χ1v) is 6.30. The van der Waals surface area contributed by atoms with Crippen molar-refractivity contribution in [3.8, 4) is 5.75 Å². The maximum Gasteiger partial charge on any atom is 0.387 e. The fraction of sp³-hybridized carbons (Fsp3) is 0.417. The van der Waals surface area contributed by atoms with E-state index in [4.69, 9.17) is 0 Å². The molecular weight excluding hydrogens is 310 g/mol. The van der Waals surface area contributed by atoms with Crippen LogP contribution in [-0.4, -0.2) is 19.7 Å². The molecule has 6 heteroatoms. The third-order valence-corrected chi connectivity index (χ3v) is 3.05. The van der Waals surface area contributed by atoms with Gasteiger partial charge >= 0.3 is 12.6 Å². The molecule has 0 bridgehead atoms. The molecule has 0 atom stereocenters. The summed E-state index contributed by atoms with van der Waals surface area (Å²) < 4.78 is 33.5. The molecule has 0 unspecified atom stereocenters. The first-order valence-electron chi connectivity index (χ1n) is 5.18. The maximum atomic E-state index is 12.3. The molecule has 0 saturated heterocycles. The number of rotatable bonds is 5. The first kappa shape index (κ1) is 14.9. The van der Waals surface area contributed by atoms with E-state index in [0.717, 1.165) is 5.56 Å². The second-order valence-corrected chi connectivity index (χ2v) is 4.21. The molecule has 0 aromatic heterocycles. The van der Waals surface area contributed by atoms with Gasteiger partial charge in [-0.3, -0.25) is 4.79 Å². The minimum Gasteiger partial charge on any atom is -0.469 e. The van der Waals surface area contributed by atoms with Gasteiger partial charge in [-0.15, -0.1) is 0 Å². The van der Waals surface area contributed by atoms with E-state index in [9.17, 15) is 13.6 Å². The summed E-state index contributed by atoms with van der Waals surface area (Å²) in [6.07, 6.45) is 0.0322. The van der Waals surface area contributed by atoms with E-state index in [-0.39, 0.29) is 12.2 Å². The molecule has 1 aromatic carbocycles. The number of alkyl halides is 3. The Morgan fingerprint density at radius 1 is 1.39 bits per heavy atom. The summed E-state index contributed by atoms with van der Waals surface area (Å²) in [4.78, 5) is 11.2. The van der Waals surface area contributed by atoms with Gasteiger partial charge in [-0.25, -0.2) is 0 Å². The highest BCUT2D eigenvalue weighted by atomic mass is 79.9. The molecular formula is C12H13BrF2O3. The van der Waals surface area contributed by atoms with Gasteiger partial charge in [0.2, 0.25) is 0 Å². The zero-order valence-corrected chi connectivity index (χ0v) is 11.6. The lowest BCUT2D eigenvalue weighted by Crippen LogP contribution is -2.09. The summed E-state index contributed by atoms with van der Waals surface area (Å²) in [5.41, 5.74) is 2.06. The van der Waals surface area contributed by atoms with Crippen LogP contribution in [0.3, 0.4) is 0 Å². The number of carbonyl (C=O) groups is 1. The smallest absolute Gasteiger partial charge is 0.387 e. The van der Waals surface area contributed by atoms with Gasteiger partial charge in [-0.1, -0.05) is 22.0 Å². The van der Waals surface area contributed by atoms with Crippen molar-refractivity contribution < 1.29 is 23.0 Å². The number of benzene rings is 1. The van der Waals surface area contributed by atoms with Gasteiger partial charge in [0.1, 0.15) is 5.75 Å². The van der Waals surface area contributed by atoms with Crippen molar-refractivity contribution in [2.75, 3.05) is 7.11 Å². The Balaban J connectivity index is 3.08. The van der Waals surface area contributed by atoms with Gasteiger partial charge in [0.15, 0.2) is 0 Å². The number of ether oxygens (including phenoxy) is 2. The molecule has 1 aromatic rings. The number of carbonyl (C=O) groups excluding carboxylic acids is 1. The number of methoxy groups -OCH3 is 1. The molecule has 0 amide bonds. The number of hydrogen-bond donors (Lipinski definition) is 0. The van der Waals surface area contributed by atoms with E-state index < -0.39 is 12.6 Å². The SMILES string of the molecule is COC(=O)Cc1cc(OC(F)F)c(CBr)cc1C. The van der Waals surface area contributed by atoms with Crippen LogP contribution in [-0.2, 0) is 21.3 Å². The summed E-state index contributed by atoms with van der Waals surface area (Å²) in [7, 11) is 1.28. The average molecular weight is 323 g/mol. The van der Waals surface area contributed by atoms with Gasteiger partial charge in [-0.2, -0.15) is 8.78 Å². The monoisotopic (exact) mass is 322 g/mol. The van der Waals surface area contributed by atoms with Crippen LogP contribution in [0.25, 0.3) is 0 Å². The fourth-order valence-corrected chi connectivity index (χ4v) is 1.96. The number of esters is 1. The van der Waals surface area contributed by atoms with E-state index in [1.807, 2.05) is 0 Å². The zero-order valence-electron chi connectivity index (χ0n) is 10.0. The first-order chi connectivity index (χ1) is 8.47. The molecule has 0 heterocycles. The molecule has 0 radical (unpaired) electrons. The quantitative estimate of drug-likeness (QED) is 0.617. The fourth-order valence-electron chi connectivity index (χ4n) is 1.52. The van der Waals surface area contributed by atoms with Crippen LogP contribution in [0, 0.1) is 6.92 Å². The van der Waals surface area contributed by atoms with Crippen molar-refractivity contribution in [3.63, 3.8) is 0 Å². The van der Waals surface area contributed by atoms with Gasteiger partial charge in [0.25, 0.3) is 0 Å². The van der Waals surface area contributed by atoms with E-state index in [0.29, 0.717) is 16.5 Å². The predicted molar refractivity (Wildman–Crippen MR) is 66.2 cm³/mol. The average Bonchev–Trinajstić information content (AvgIpc) is 2.32. The summed E-state index contributed by atoms with van der Waals surface area (Å²) in [5, 5.41) is 0.397. The van der Waals surface area contributed by atoms with Crippen LogP contribution in [0.2, 0.25) is 0 Å². The number of hydrogen-bond acceptors (Lipinski definition) is 3. The third-order valence-electron chi connectivity index (χ3n) is 2.44. The van der Waals surface area contributed by atoms with Crippen molar-refractivity contribution >= 4 is 21.9 Å². The lowest BCUT2D eigenvalue weighted by atomic mass is 10.0. The van der Waals surface area contributed by atoms with Gasteiger partial charge < -0.3 is 9.47 Å². The molecule has 0 saturated carbocycles. The topological polar surface area (TPSA) is 35.5 Å². The molecule has 0 aliphatic carbocycles. The predicted octanol–water partition coefficient (Wildman–Crippen LogP) is 3.21. The van der Waals surface area contributed by atoms with Crippen LogP contribution in [0.5, 0.6) is 5.75 Å².